The predicted molar refractivity (Wildman–Crippen MR) is 142 cm³/mol. The summed E-state index contributed by atoms with van der Waals surface area (Å²) in [6, 6.07) is 4.75. The third-order valence-electron chi connectivity index (χ3n) is 6.10. The molecule has 0 atom stereocenters. The quantitative estimate of drug-likeness (QED) is 0.131. The van der Waals surface area contributed by atoms with Gasteiger partial charge in [0.15, 0.2) is 0 Å². The fourth-order valence-electron chi connectivity index (χ4n) is 3.73. The van der Waals surface area contributed by atoms with Crippen LogP contribution in [0.4, 0.5) is 5.69 Å². The lowest BCUT2D eigenvalue weighted by molar-refractivity contribution is -0.130. The lowest BCUT2D eigenvalue weighted by atomic mass is 9.89. The van der Waals surface area contributed by atoms with Gasteiger partial charge >= 0.3 is 5.97 Å². The molecule has 0 saturated carbocycles. The van der Waals surface area contributed by atoms with Gasteiger partial charge in [0, 0.05) is 5.41 Å². The highest BCUT2D eigenvalue weighted by Crippen LogP contribution is 2.27. The van der Waals surface area contributed by atoms with Crippen LogP contribution in [0.3, 0.4) is 0 Å². The number of ether oxygens (including phenoxy) is 2. The number of benzene rings is 1. The van der Waals surface area contributed by atoms with Gasteiger partial charge in [-0.2, -0.15) is 0 Å². The van der Waals surface area contributed by atoms with Crippen LogP contribution in [0.25, 0.3) is 0 Å². The first-order valence-electron chi connectivity index (χ1n) is 13.4. The highest BCUT2D eigenvalue weighted by molar-refractivity contribution is 6.06. The number of hydrogen-bond acceptors (Lipinski definition) is 5. The first-order chi connectivity index (χ1) is 16.7. The average molecular weight is 490 g/mol. The fourth-order valence-corrected chi connectivity index (χ4v) is 3.73. The van der Waals surface area contributed by atoms with E-state index in [2.05, 4.69) is 12.2 Å². The summed E-state index contributed by atoms with van der Waals surface area (Å²) in [5, 5.41) is 2.68. The van der Waals surface area contributed by atoms with Gasteiger partial charge in [0.1, 0.15) is 11.5 Å². The number of methoxy groups -OCH3 is 1. The van der Waals surface area contributed by atoms with E-state index in [0.717, 1.165) is 12.8 Å². The Morgan fingerprint density at radius 1 is 0.829 bits per heavy atom. The molecule has 1 aromatic carbocycles. The number of unbranched alkanes of at least 4 members (excludes halogenated alkanes) is 11. The summed E-state index contributed by atoms with van der Waals surface area (Å²) in [4.78, 5) is 36.9. The van der Waals surface area contributed by atoms with Crippen molar-refractivity contribution in [2.45, 2.75) is 111 Å². The van der Waals surface area contributed by atoms with Crippen molar-refractivity contribution in [3.63, 3.8) is 0 Å². The van der Waals surface area contributed by atoms with E-state index in [1.807, 2.05) is 0 Å². The fraction of sp³-hybridized carbons (Fsp3) is 0.690. The van der Waals surface area contributed by atoms with Gasteiger partial charge in [-0.15, -0.1) is 0 Å². The van der Waals surface area contributed by atoms with Crippen LogP contribution in [0.15, 0.2) is 18.2 Å². The average Bonchev–Trinajstić information content (AvgIpc) is 2.81. The number of ketones is 1. The summed E-state index contributed by atoms with van der Waals surface area (Å²) in [5.74, 6) is -0.617. The van der Waals surface area contributed by atoms with E-state index in [9.17, 15) is 14.4 Å². The zero-order valence-corrected chi connectivity index (χ0v) is 22.7. The van der Waals surface area contributed by atoms with Crippen molar-refractivity contribution in [1.29, 1.82) is 0 Å². The molecule has 198 valence electrons. The summed E-state index contributed by atoms with van der Waals surface area (Å²) >= 11 is 0. The standard InChI is InChI=1S/C29H47NO5/c1-6-7-8-9-10-11-12-13-14-15-16-17-20-35-28(33)23-18-19-25(34-5)24(21-23)30-27(32)22-26(31)29(2,3)4/h18-19,21H,6-17,20,22H2,1-5H3,(H,30,32). The Kier molecular flexibility index (Phi) is 15.0. The molecular formula is C29H47NO5. The number of esters is 1. The lowest BCUT2D eigenvalue weighted by Gasteiger charge is -2.17. The maximum absolute atomic E-state index is 12.5. The van der Waals surface area contributed by atoms with Crippen LogP contribution in [0.1, 0.15) is 122 Å². The van der Waals surface area contributed by atoms with Crippen molar-refractivity contribution in [1.82, 2.24) is 0 Å². The minimum absolute atomic E-state index is 0.160. The van der Waals surface area contributed by atoms with Crippen molar-refractivity contribution in [2.24, 2.45) is 5.41 Å². The Morgan fingerprint density at radius 2 is 1.37 bits per heavy atom. The summed E-state index contributed by atoms with van der Waals surface area (Å²) in [5.41, 5.74) is 0.0854. The van der Waals surface area contributed by atoms with Crippen LogP contribution < -0.4 is 10.1 Å². The van der Waals surface area contributed by atoms with Crippen LogP contribution >= 0.6 is 0 Å². The molecule has 0 aliphatic carbocycles. The van der Waals surface area contributed by atoms with Crippen LogP contribution in [0.5, 0.6) is 5.75 Å². The molecule has 35 heavy (non-hydrogen) atoms. The molecule has 0 aromatic heterocycles. The molecule has 0 heterocycles. The van der Waals surface area contributed by atoms with E-state index in [0.29, 0.717) is 23.6 Å². The number of anilines is 1. The van der Waals surface area contributed by atoms with Gasteiger partial charge in [0.25, 0.3) is 0 Å². The van der Waals surface area contributed by atoms with Gasteiger partial charge in [-0.05, 0) is 24.6 Å². The Bertz CT molecular complexity index is 782. The summed E-state index contributed by atoms with van der Waals surface area (Å²) in [6.45, 7) is 7.95. The zero-order valence-electron chi connectivity index (χ0n) is 22.7. The van der Waals surface area contributed by atoms with Crippen molar-refractivity contribution in [2.75, 3.05) is 19.0 Å². The smallest absolute Gasteiger partial charge is 0.338 e. The molecule has 0 aliphatic heterocycles. The van der Waals surface area contributed by atoms with Gasteiger partial charge in [0.05, 0.1) is 31.4 Å². The first-order valence-corrected chi connectivity index (χ1v) is 13.4. The van der Waals surface area contributed by atoms with Gasteiger partial charge in [0.2, 0.25) is 5.91 Å². The number of hydrogen-bond donors (Lipinski definition) is 1. The highest BCUT2D eigenvalue weighted by atomic mass is 16.5. The molecule has 6 nitrogen and oxygen atoms in total. The van der Waals surface area contributed by atoms with Crippen molar-refractivity contribution in [3.8, 4) is 5.75 Å². The molecule has 0 fully saturated rings. The Hall–Kier alpha value is -2.37. The number of carbonyl (C=O) groups is 3. The van der Waals surface area contributed by atoms with Crippen LogP contribution in [0.2, 0.25) is 0 Å². The minimum Gasteiger partial charge on any atom is -0.495 e. The molecule has 0 saturated heterocycles. The highest BCUT2D eigenvalue weighted by Gasteiger charge is 2.24. The molecule has 0 bridgehead atoms. The lowest BCUT2D eigenvalue weighted by Crippen LogP contribution is -2.26. The third kappa shape index (κ3) is 13.3. The number of nitrogens with one attached hydrogen (secondary N) is 1. The van der Waals surface area contributed by atoms with E-state index < -0.39 is 17.3 Å². The molecular weight excluding hydrogens is 442 g/mol. The van der Waals surface area contributed by atoms with E-state index in [-0.39, 0.29) is 12.2 Å². The van der Waals surface area contributed by atoms with E-state index in [4.69, 9.17) is 9.47 Å². The van der Waals surface area contributed by atoms with E-state index in [1.165, 1.54) is 77.4 Å². The molecule has 0 radical (unpaired) electrons. The Morgan fingerprint density at radius 3 is 1.89 bits per heavy atom. The van der Waals surface area contributed by atoms with Gasteiger partial charge in [-0.25, -0.2) is 4.79 Å². The third-order valence-corrected chi connectivity index (χ3v) is 6.10. The minimum atomic E-state index is -0.596. The molecule has 0 unspecified atom stereocenters. The molecule has 0 aliphatic rings. The molecule has 6 heteroatoms. The summed E-state index contributed by atoms with van der Waals surface area (Å²) in [6.07, 6.45) is 14.8. The molecule has 1 N–H and O–H groups in total. The normalized spacial score (nSPS) is 11.2. The van der Waals surface area contributed by atoms with Crippen LogP contribution in [-0.2, 0) is 14.3 Å². The van der Waals surface area contributed by atoms with Gasteiger partial charge in [-0.1, -0.05) is 98.3 Å². The summed E-state index contributed by atoms with van der Waals surface area (Å²) in [7, 11) is 1.48. The molecule has 1 amide bonds. The summed E-state index contributed by atoms with van der Waals surface area (Å²) < 4.78 is 10.7. The van der Waals surface area contributed by atoms with Gasteiger partial charge in [-0.3, -0.25) is 9.59 Å². The second-order valence-corrected chi connectivity index (χ2v) is 10.3. The van der Waals surface area contributed by atoms with Crippen molar-refractivity contribution in [3.05, 3.63) is 23.8 Å². The van der Waals surface area contributed by atoms with E-state index >= 15 is 0 Å². The second kappa shape index (κ2) is 17.1. The molecule has 1 rings (SSSR count). The SMILES string of the molecule is CCCCCCCCCCCCCCOC(=O)c1ccc(OC)c(NC(=O)CC(=O)C(C)(C)C)c1. The number of Topliss-reactive ketones (excluding diaryl/α,β-unsaturated/α-hetero) is 1. The maximum Gasteiger partial charge on any atom is 0.338 e. The Labute approximate surface area is 212 Å². The first kappa shape index (κ1) is 30.7. The maximum atomic E-state index is 12.5. The largest absolute Gasteiger partial charge is 0.495 e. The molecule has 1 aromatic rings. The number of carbonyl (C=O) groups excluding carboxylic acids is 3. The topological polar surface area (TPSA) is 81.7 Å². The Balaban J connectivity index is 2.33. The van der Waals surface area contributed by atoms with Crippen molar-refractivity contribution >= 4 is 23.3 Å². The van der Waals surface area contributed by atoms with Gasteiger partial charge < -0.3 is 14.8 Å². The monoisotopic (exact) mass is 489 g/mol. The molecule has 0 spiro atoms. The second-order valence-electron chi connectivity index (χ2n) is 10.3. The van der Waals surface area contributed by atoms with Crippen LogP contribution in [0, 0.1) is 5.41 Å². The zero-order chi connectivity index (χ0) is 26.1. The number of rotatable bonds is 18. The predicted octanol–water partition coefficient (Wildman–Crippen LogP) is 7.50. The van der Waals surface area contributed by atoms with Crippen molar-refractivity contribution < 1.29 is 23.9 Å². The van der Waals surface area contributed by atoms with E-state index in [1.54, 1.807) is 32.9 Å². The van der Waals surface area contributed by atoms with Crippen LogP contribution in [-0.4, -0.2) is 31.4 Å². The number of amides is 1.